The minimum absolute atomic E-state index is 0.123. The Balaban J connectivity index is 1.56. The van der Waals surface area contributed by atoms with E-state index < -0.39 is 0 Å². The van der Waals surface area contributed by atoms with Gasteiger partial charge in [-0.05, 0) is 63.4 Å². The summed E-state index contributed by atoms with van der Waals surface area (Å²) in [7, 11) is 2.15. The summed E-state index contributed by atoms with van der Waals surface area (Å²) in [5.74, 6) is -0.0915. The number of likely N-dealkylation sites (tertiary alicyclic amines) is 1. The molecule has 0 spiro atoms. The summed E-state index contributed by atoms with van der Waals surface area (Å²) < 4.78 is 12.8. The summed E-state index contributed by atoms with van der Waals surface area (Å²) in [6, 6.07) is 7.12. The molecule has 1 atom stereocenters. The number of halogens is 1. The van der Waals surface area contributed by atoms with Gasteiger partial charge in [0.2, 0.25) is 5.91 Å². The van der Waals surface area contributed by atoms with Crippen molar-refractivity contribution in [3.8, 4) is 0 Å². The molecule has 1 unspecified atom stereocenters. The zero-order valence-electron chi connectivity index (χ0n) is 12.8. The van der Waals surface area contributed by atoms with E-state index in [2.05, 4.69) is 17.3 Å². The number of amides is 1. The molecule has 0 aliphatic carbocycles. The largest absolute Gasteiger partial charge is 0.356 e. The van der Waals surface area contributed by atoms with Crippen LogP contribution in [0, 0.1) is 5.82 Å². The fraction of sp³-hybridized carbons (Fsp3) is 0.588. The maximum atomic E-state index is 12.8. The van der Waals surface area contributed by atoms with Crippen molar-refractivity contribution in [1.29, 1.82) is 0 Å². The number of aryl methyl sites for hydroxylation is 1. The Morgan fingerprint density at radius 1 is 1.38 bits per heavy atom. The van der Waals surface area contributed by atoms with Gasteiger partial charge in [0.05, 0.1) is 0 Å². The zero-order valence-corrected chi connectivity index (χ0v) is 12.8. The number of nitrogens with one attached hydrogen (secondary N) is 1. The van der Waals surface area contributed by atoms with E-state index in [4.69, 9.17) is 0 Å². The second kappa shape index (κ2) is 8.13. The monoisotopic (exact) mass is 292 g/mol. The van der Waals surface area contributed by atoms with E-state index in [1.165, 1.54) is 31.5 Å². The third-order valence-electron chi connectivity index (χ3n) is 4.25. The third-order valence-corrected chi connectivity index (χ3v) is 4.25. The lowest BCUT2D eigenvalue weighted by molar-refractivity contribution is -0.121. The molecule has 116 valence electrons. The van der Waals surface area contributed by atoms with E-state index in [1.807, 2.05) is 0 Å². The van der Waals surface area contributed by atoms with Crippen LogP contribution in [0.25, 0.3) is 0 Å². The lowest BCUT2D eigenvalue weighted by Gasteiger charge is -2.19. The molecule has 1 amide bonds. The first-order chi connectivity index (χ1) is 10.1. The van der Waals surface area contributed by atoms with Crippen molar-refractivity contribution in [2.45, 2.75) is 44.6 Å². The Kier molecular flexibility index (Phi) is 6.18. The Morgan fingerprint density at radius 2 is 2.14 bits per heavy atom. The van der Waals surface area contributed by atoms with Gasteiger partial charge >= 0.3 is 0 Å². The number of rotatable bonds is 7. The minimum atomic E-state index is -0.214. The van der Waals surface area contributed by atoms with E-state index in [9.17, 15) is 9.18 Å². The van der Waals surface area contributed by atoms with E-state index in [0.29, 0.717) is 12.5 Å². The first-order valence-corrected chi connectivity index (χ1v) is 7.86. The average Bonchev–Trinajstić information content (AvgIpc) is 2.87. The van der Waals surface area contributed by atoms with E-state index in [0.717, 1.165) is 31.4 Å². The Hall–Kier alpha value is -1.42. The number of hydrogen-bond donors (Lipinski definition) is 1. The van der Waals surface area contributed by atoms with E-state index in [1.54, 1.807) is 12.1 Å². The molecule has 1 saturated heterocycles. The standard InChI is InChI=1S/C17H25FN2O/c1-20-13-3-5-16(20)11-12-19-17(21)6-2-4-14-7-9-15(18)10-8-14/h7-10,16H,2-6,11-13H2,1H3,(H,19,21). The van der Waals surface area contributed by atoms with Crippen molar-refractivity contribution in [3.63, 3.8) is 0 Å². The Morgan fingerprint density at radius 3 is 2.81 bits per heavy atom. The third kappa shape index (κ3) is 5.46. The second-order valence-electron chi connectivity index (χ2n) is 5.90. The molecule has 3 nitrogen and oxygen atoms in total. The van der Waals surface area contributed by atoms with Gasteiger partial charge in [-0.15, -0.1) is 0 Å². The fourth-order valence-corrected chi connectivity index (χ4v) is 2.91. The lowest BCUT2D eigenvalue weighted by Crippen LogP contribution is -2.31. The van der Waals surface area contributed by atoms with Crippen LogP contribution >= 0.6 is 0 Å². The highest BCUT2D eigenvalue weighted by molar-refractivity contribution is 5.75. The van der Waals surface area contributed by atoms with Gasteiger partial charge in [0, 0.05) is 19.0 Å². The van der Waals surface area contributed by atoms with Gasteiger partial charge < -0.3 is 10.2 Å². The predicted molar refractivity (Wildman–Crippen MR) is 82.6 cm³/mol. The van der Waals surface area contributed by atoms with Crippen LogP contribution < -0.4 is 5.32 Å². The van der Waals surface area contributed by atoms with Crippen molar-refractivity contribution in [3.05, 3.63) is 35.6 Å². The van der Waals surface area contributed by atoms with Crippen LogP contribution in [0.5, 0.6) is 0 Å². The molecule has 1 aliphatic heterocycles. The maximum Gasteiger partial charge on any atom is 0.220 e. The second-order valence-corrected chi connectivity index (χ2v) is 5.90. The average molecular weight is 292 g/mol. The molecule has 4 heteroatoms. The molecular formula is C17H25FN2O. The van der Waals surface area contributed by atoms with Gasteiger partial charge in [0.15, 0.2) is 0 Å². The zero-order chi connectivity index (χ0) is 15.1. The van der Waals surface area contributed by atoms with Crippen molar-refractivity contribution in [2.75, 3.05) is 20.1 Å². The number of benzene rings is 1. The smallest absolute Gasteiger partial charge is 0.220 e. The predicted octanol–water partition coefficient (Wildman–Crippen LogP) is 2.75. The summed E-state index contributed by atoms with van der Waals surface area (Å²) in [6.45, 7) is 1.95. The summed E-state index contributed by atoms with van der Waals surface area (Å²) in [4.78, 5) is 14.1. The topological polar surface area (TPSA) is 32.3 Å². The molecule has 1 aliphatic rings. The van der Waals surface area contributed by atoms with Crippen LogP contribution in [0.15, 0.2) is 24.3 Å². The SMILES string of the molecule is CN1CCCC1CCNC(=O)CCCc1ccc(F)cc1. The molecule has 1 aromatic rings. The van der Waals surface area contributed by atoms with Gasteiger partial charge in [-0.2, -0.15) is 0 Å². The van der Waals surface area contributed by atoms with Crippen LogP contribution in [0.4, 0.5) is 4.39 Å². The van der Waals surface area contributed by atoms with Gasteiger partial charge in [-0.25, -0.2) is 4.39 Å². The van der Waals surface area contributed by atoms with Crippen LogP contribution in [0.2, 0.25) is 0 Å². The molecule has 0 radical (unpaired) electrons. The van der Waals surface area contributed by atoms with Gasteiger partial charge in [0.25, 0.3) is 0 Å². The molecular weight excluding hydrogens is 267 g/mol. The molecule has 2 rings (SSSR count). The normalized spacial score (nSPS) is 18.9. The number of nitrogens with zero attached hydrogens (tertiary/aromatic N) is 1. The van der Waals surface area contributed by atoms with Crippen molar-refractivity contribution >= 4 is 5.91 Å². The first kappa shape index (κ1) is 16.0. The van der Waals surface area contributed by atoms with Crippen molar-refractivity contribution in [2.24, 2.45) is 0 Å². The Labute approximate surface area is 126 Å². The van der Waals surface area contributed by atoms with Crippen LogP contribution in [0.1, 0.15) is 37.7 Å². The van der Waals surface area contributed by atoms with Crippen LogP contribution in [-0.4, -0.2) is 37.0 Å². The molecule has 1 N–H and O–H groups in total. The fourth-order valence-electron chi connectivity index (χ4n) is 2.91. The van der Waals surface area contributed by atoms with Crippen molar-refractivity contribution in [1.82, 2.24) is 10.2 Å². The molecule has 1 fully saturated rings. The van der Waals surface area contributed by atoms with E-state index >= 15 is 0 Å². The maximum absolute atomic E-state index is 12.8. The van der Waals surface area contributed by atoms with Crippen LogP contribution in [-0.2, 0) is 11.2 Å². The van der Waals surface area contributed by atoms with Crippen molar-refractivity contribution < 1.29 is 9.18 Å². The lowest BCUT2D eigenvalue weighted by atomic mass is 10.1. The summed E-state index contributed by atoms with van der Waals surface area (Å²) >= 11 is 0. The summed E-state index contributed by atoms with van der Waals surface area (Å²) in [5.41, 5.74) is 1.08. The van der Waals surface area contributed by atoms with Gasteiger partial charge in [-0.1, -0.05) is 12.1 Å². The summed E-state index contributed by atoms with van der Waals surface area (Å²) in [6.07, 6.45) is 5.72. The van der Waals surface area contributed by atoms with Crippen LogP contribution in [0.3, 0.4) is 0 Å². The number of hydrogen-bond acceptors (Lipinski definition) is 2. The molecule has 0 aromatic heterocycles. The molecule has 0 bridgehead atoms. The van der Waals surface area contributed by atoms with E-state index in [-0.39, 0.29) is 11.7 Å². The quantitative estimate of drug-likeness (QED) is 0.838. The number of carbonyl (C=O) groups excluding carboxylic acids is 1. The Bertz CT molecular complexity index is 447. The minimum Gasteiger partial charge on any atom is -0.356 e. The molecule has 0 saturated carbocycles. The molecule has 21 heavy (non-hydrogen) atoms. The highest BCUT2D eigenvalue weighted by atomic mass is 19.1. The first-order valence-electron chi connectivity index (χ1n) is 7.86. The molecule has 1 aromatic carbocycles. The molecule has 1 heterocycles. The van der Waals surface area contributed by atoms with Gasteiger partial charge in [-0.3, -0.25) is 4.79 Å². The highest BCUT2D eigenvalue weighted by Gasteiger charge is 2.20. The highest BCUT2D eigenvalue weighted by Crippen LogP contribution is 2.17. The number of carbonyl (C=O) groups is 1. The van der Waals surface area contributed by atoms with Gasteiger partial charge in [0.1, 0.15) is 5.82 Å². The summed E-state index contributed by atoms with van der Waals surface area (Å²) in [5, 5.41) is 3.00.